The molecule has 2 aromatic heterocycles. The topological polar surface area (TPSA) is 115 Å². The van der Waals surface area contributed by atoms with E-state index in [0.29, 0.717) is 55.2 Å². The van der Waals surface area contributed by atoms with Crippen molar-refractivity contribution in [3.63, 3.8) is 0 Å². The number of aromatic nitrogens is 4. The third kappa shape index (κ3) is 6.90. The zero-order valence-electron chi connectivity index (χ0n) is 28.5. The molecule has 4 aliphatic heterocycles. The minimum atomic E-state index is -4.78. The fourth-order valence-corrected chi connectivity index (χ4v) is 8.65. The monoisotopic (exact) mass is 770 g/mol. The predicted molar refractivity (Wildman–Crippen MR) is 182 cm³/mol. The van der Waals surface area contributed by atoms with Crippen molar-refractivity contribution in [1.82, 2.24) is 29.5 Å². The van der Waals surface area contributed by atoms with Crippen molar-refractivity contribution in [1.29, 1.82) is 0 Å². The highest BCUT2D eigenvalue weighted by molar-refractivity contribution is 6.34. The second-order valence-corrected chi connectivity index (χ2v) is 14.8. The Kier molecular flexibility index (Phi) is 9.80. The number of hydrogen-bond donors (Lipinski definition) is 1. The number of benzene rings is 1. The zero-order valence-corrected chi connectivity index (χ0v) is 30.0. The molecular formula is C34H37Cl2F5N8O3. The number of nitrogens with zero attached hydrogens (tertiary/aromatic N) is 7. The van der Waals surface area contributed by atoms with Crippen molar-refractivity contribution in [3.8, 4) is 6.01 Å². The van der Waals surface area contributed by atoms with Crippen LogP contribution < -0.4 is 15.4 Å². The number of aryl methyl sites for hydroxylation is 1. The van der Waals surface area contributed by atoms with Gasteiger partial charge < -0.3 is 25.0 Å². The first-order valence-corrected chi connectivity index (χ1v) is 17.7. The summed E-state index contributed by atoms with van der Waals surface area (Å²) in [5, 5.41) is 4.18. The lowest BCUT2D eigenvalue weighted by molar-refractivity contribution is -0.139. The number of anilines is 2. The van der Waals surface area contributed by atoms with Crippen LogP contribution in [0.3, 0.4) is 0 Å². The summed E-state index contributed by atoms with van der Waals surface area (Å²) in [5.41, 5.74) is 5.98. The highest BCUT2D eigenvalue weighted by atomic mass is 35.5. The molecule has 2 unspecified atom stereocenters. The number of ether oxygens (including phenoxy) is 2. The first kappa shape index (κ1) is 36.6. The minimum Gasteiger partial charge on any atom is -0.461 e. The molecule has 0 aliphatic carbocycles. The van der Waals surface area contributed by atoms with Gasteiger partial charge in [-0.05, 0) is 61.9 Å². The Hall–Kier alpha value is -3.73. The number of nitrogens with two attached hydrogens (primary N) is 1. The summed E-state index contributed by atoms with van der Waals surface area (Å²) in [7, 11) is 3.22. The van der Waals surface area contributed by atoms with Crippen LogP contribution in [-0.4, -0.2) is 81.3 Å². The molecule has 0 spiro atoms. The van der Waals surface area contributed by atoms with E-state index < -0.39 is 34.5 Å². The molecule has 0 radical (unpaired) electrons. The maximum atomic E-state index is 14.3. The summed E-state index contributed by atoms with van der Waals surface area (Å²) in [5.74, 6) is -0.222. The third-order valence-electron chi connectivity index (χ3n) is 10.3. The Morgan fingerprint density at radius 2 is 1.96 bits per heavy atom. The van der Waals surface area contributed by atoms with Gasteiger partial charge in [0.15, 0.2) is 5.69 Å². The van der Waals surface area contributed by atoms with Gasteiger partial charge in [0, 0.05) is 51.4 Å². The molecule has 4 aliphatic rings. The van der Waals surface area contributed by atoms with Gasteiger partial charge in [-0.2, -0.15) is 37.0 Å². The number of hydrogen-bond acceptors (Lipinski definition) is 9. The lowest BCUT2D eigenvalue weighted by Gasteiger charge is -2.33. The van der Waals surface area contributed by atoms with Gasteiger partial charge >= 0.3 is 12.2 Å². The zero-order chi connectivity index (χ0) is 37.1. The van der Waals surface area contributed by atoms with Crippen molar-refractivity contribution < 1.29 is 36.2 Å². The molecule has 0 bridgehead atoms. The summed E-state index contributed by atoms with van der Waals surface area (Å²) < 4.78 is 83.4. The summed E-state index contributed by atoms with van der Waals surface area (Å²) in [6.45, 7) is 2.43. The van der Waals surface area contributed by atoms with E-state index in [1.54, 1.807) is 18.8 Å². The molecule has 3 aromatic rings. The average Bonchev–Trinajstić information content (AvgIpc) is 3.64. The molecule has 280 valence electrons. The first-order chi connectivity index (χ1) is 24.6. The van der Waals surface area contributed by atoms with E-state index in [9.17, 15) is 26.7 Å². The van der Waals surface area contributed by atoms with Gasteiger partial charge in [-0.25, -0.2) is 0 Å². The molecular weight excluding hydrogens is 734 g/mol. The van der Waals surface area contributed by atoms with Crippen molar-refractivity contribution in [2.45, 2.75) is 69.6 Å². The standard InChI is InChI=1S/C34H37Cl2F5N8O3/c1-46(2)31(50)29-28(36)24-15-47(6-4-8-49(24)45-29)30-21-16-51-25(20-10-19(42)11-22(35)27(20)34(39,40)41)12-23(21)43-32(44-30)52-17-33-5-3-7-48(33)14-18(13-33)9-26(37)38/h9-11,18,25H,3-8,12-17,42H2,1-2H3/t18-,25?,33?/m0/s1. The Balaban J connectivity index is 1.26. The van der Waals surface area contributed by atoms with Crippen LogP contribution in [0.5, 0.6) is 6.01 Å². The number of alkyl halides is 3. The fourth-order valence-electron chi connectivity index (χ4n) is 8.03. The number of amides is 1. The van der Waals surface area contributed by atoms with Crippen LogP contribution in [-0.2, 0) is 37.0 Å². The normalized spacial score (nSPS) is 23.1. The molecule has 1 aromatic carbocycles. The van der Waals surface area contributed by atoms with E-state index in [1.165, 1.54) is 11.0 Å². The number of carbonyl (C=O) groups is 1. The molecule has 2 fully saturated rings. The number of fused-ring (bicyclic) bond motifs is 3. The number of rotatable bonds is 7. The molecule has 7 rings (SSSR count). The van der Waals surface area contributed by atoms with Gasteiger partial charge in [0.2, 0.25) is 0 Å². The Bertz CT molecular complexity index is 1920. The highest BCUT2D eigenvalue weighted by Crippen LogP contribution is 2.46. The van der Waals surface area contributed by atoms with Crippen LogP contribution in [0.15, 0.2) is 24.3 Å². The van der Waals surface area contributed by atoms with Crippen LogP contribution in [0.2, 0.25) is 10.0 Å². The van der Waals surface area contributed by atoms with E-state index in [2.05, 4.69) is 10.00 Å². The van der Waals surface area contributed by atoms with Gasteiger partial charge in [-0.15, -0.1) is 0 Å². The SMILES string of the molecule is CN(C)C(=O)c1nn2c(c1Cl)CN(c1nc(OCC34CCCN3C[C@@H](C=C(F)F)C4)nc3c1COC(c1cc(N)cc(Cl)c1C(F)(F)F)C3)CCC2. The third-order valence-corrected chi connectivity index (χ3v) is 11.0. The van der Waals surface area contributed by atoms with Gasteiger partial charge in [-0.3, -0.25) is 14.4 Å². The maximum Gasteiger partial charge on any atom is 0.418 e. The Labute approximate surface area is 306 Å². The lowest BCUT2D eigenvalue weighted by atomic mass is 9.91. The molecule has 6 heterocycles. The molecule has 18 heteroatoms. The van der Waals surface area contributed by atoms with Gasteiger partial charge in [0.25, 0.3) is 12.0 Å². The van der Waals surface area contributed by atoms with Gasteiger partial charge in [0.05, 0.1) is 51.8 Å². The highest BCUT2D eigenvalue weighted by Gasteiger charge is 2.49. The van der Waals surface area contributed by atoms with Crippen LogP contribution in [0.4, 0.5) is 33.5 Å². The van der Waals surface area contributed by atoms with Crippen molar-refractivity contribution in [2.75, 3.05) is 51.0 Å². The molecule has 52 heavy (non-hydrogen) atoms. The smallest absolute Gasteiger partial charge is 0.418 e. The predicted octanol–water partition coefficient (Wildman–Crippen LogP) is 6.52. The van der Waals surface area contributed by atoms with E-state index in [0.717, 1.165) is 31.5 Å². The number of nitrogen functional groups attached to an aromatic ring is 1. The molecule has 1 amide bonds. The van der Waals surface area contributed by atoms with Crippen molar-refractivity contribution in [3.05, 3.63) is 68.1 Å². The van der Waals surface area contributed by atoms with Crippen LogP contribution in [0, 0.1) is 5.92 Å². The van der Waals surface area contributed by atoms with Crippen molar-refractivity contribution >= 4 is 40.6 Å². The first-order valence-electron chi connectivity index (χ1n) is 16.9. The summed E-state index contributed by atoms with van der Waals surface area (Å²) in [4.78, 5) is 27.9. The lowest BCUT2D eigenvalue weighted by Crippen LogP contribution is -2.43. The van der Waals surface area contributed by atoms with Gasteiger partial charge in [-0.1, -0.05) is 23.2 Å². The molecule has 2 saturated heterocycles. The molecule has 11 nitrogen and oxygen atoms in total. The Morgan fingerprint density at radius 3 is 2.69 bits per heavy atom. The second-order valence-electron chi connectivity index (χ2n) is 14.0. The fraction of sp³-hybridized carbons (Fsp3) is 0.529. The van der Waals surface area contributed by atoms with Crippen LogP contribution >= 0.6 is 23.2 Å². The molecule has 3 atom stereocenters. The Morgan fingerprint density at radius 1 is 1.17 bits per heavy atom. The largest absolute Gasteiger partial charge is 0.461 e. The quantitative estimate of drug-likeness (QED) is 0.212. The maximum absolute atomic E-state index is 14.3. The van der Waals surface area contributed by atoms with E-state index >= 15 is 0 Å². The minimum absolute atomic E-state index is 0.000248. The number of carbonyl (C=O) groups excluding carboxylic acids is 1. The second kappa shape index (κ2) is 13.9. The van der Waals surface area contributed by atoms with Crippen molar-refractivity contribution in [2.24, 2.45) is 5.92 Å². The summed E-state index contributed by atoms with van der Waals surface area (Å²) in [6.07, 6.45) is -3.94. The van der Waals surface area contributed by atoms with Gasteiger partial charge in [0.1, 0.15) is 12.4 Å². The summed E-state index contributed by atoms with van der Waals surface area (Å²) in [6, 6.07) is 2.27. The molecule has 0 saturated carbocycles. The number of halogens is 7. The van der Waals surface area contributed by atoms with Crippen LogP contribution in [0.25, 0.3) is 0 Å². The van der Waals surface area contributed by atoms with Crippen LogP contribution in [0.1, 0.15) is 70.4 Å². The summed E-state index contributed by atoms with van der Waals surface area (Å²) >= 11 is 12.8. The average molecular weight is 772 g/mol. The van der Waals surface area contributed by atoms with E-state index in [-0.39, 0.29) is 66.0 Å². The van der Waals surface area contributed by atoms with E-state index in [4.69, 9.17) is 48.4 Å². The molecule has 2 N–H and O–H groups in total. The van der Waals surface area contributed by atoms with E-state index in [1.807, 2.05) is 4.90 Å².